The maximum atomic E-state index is 11.4. The van der Waals surface area contributed by atoms with Gasteiger partial charge < -0.3 is 10.0 Å². The summed E-state index contributed by atoms with van der Waals surface area (Å²) < 4.78 is 0. The zero-order chi connectivity index (χ0) is 17.8. The van der Waals surface area contributed by atoms with Crippen molar-refractivity contribution in [1.82, 2.24) is 19.8 Å². The van der Waals surface area contributed by atoms with Gasteiger partial charge in [0.15, 0.2) is 0 Å². The average Bonchev–Trinajstić information content (AvgIpc) is 3.03. The SMILES string of the molecule is CN(C)Cc1ccnc([C@@H]2CCCN2Cc2ccccc2C(=O)O)n1. The number of aromatic carboxylic acids is 1. The van der Waals surface area contributed by atoms with E-state index in [1.54, 1.807) is 12.1 Å². The number of rotatable bonds is 6. The Bertz CT molecular complexity index is 748. The molecular weight excluding hydrogens is 316 g/mol. The predicted octanol–water partition coefficient (Wildman–Crippen LogP) is 2.57. The highest BCUT2D eigenvalue weighted by atomic mass is 16.4. The molecule has 0 unspecified atom stereocenters. The Labute approximate surface area is 148 Å². The Hall–Kier alpha value is -2.31. The fourth-order valence-corrected chi connectivity index (χ4v) is 3.38. The summed E-state index contributed by atoms with van der Waals surface area (Å²) in [5, 5.41) is 9.39. The quantitative estimate of drug-likeness (QED) is 0.872. The summed E-state index contributed by atoms with van der Waals surface area (Å²) >= 11 is 0. The van der Waals surface area contributed by atoms with Crippen LogP contribution in [0.15, 0.2) is 36.5 Å². The van der Waals surface area contributed by atoms with Gasteiger partial charge in [-0.2, -0.15) is 0 Å². The molecule has 1 aliphatic rings. The minimum absolute atomic E-state index is 0.143. The van der Waals surface area contributed by atoms with E-state index in [-0.39, 0.29) is 6.04 Å². The summed E-state index contributed by atoms with van der Waals surface area (Å²) in [5.41, 5.74) is 2.22. The minimum atomic E-state index is -0.879. The van der Waals surface area contributed by atoms with Gasteiger partial charge in [-0.3, -0.25) is 4.90 Å². The molecule has 1 atom stereocenters. The molecule has 1 aromatic heterocycles. The number of nitrogens with zero attached hydrogens (tertiary/aromatic N) is 4. The lowest BCUT2D eigenvalue weighted by atomic mass is 10.1. The Morgan fingerprint density at radius 3 is 2.88 bits per heavy atom. The van der Waals surface area contributed by atoms with Crippen LogP contribution in [-0.2, 0) is 13.1 Å². The fraction of sp³-hybridized carbons (Fsp3) is 0.421. The third-order valence-electron chi connectivity index (χ3n) is 4.49. The first-order valence-electron chi connectivity index (χ1n) is 8.56. The van der Waals surface area contributed by atoms with Crippen LogP contribution in [0.4, 0.5) is 0 Å². The molecule has 132 valence electrons. The second-order valence-electron chi connectivity index (χ2n) is 6.73. The summed E-state index contributed by atoms with van der Waals surface area (Å²) in [6.45, 7) is 2.32. The molecule has 6 heteroatoms. The first-order chi connectivity index (χ1) is 12.0. The molecule has 0 amide bonds. The molecule has 0 saturated carbocycles. The van der Waals surface area contributed by atoms with Crippen LogP contribution in [0.2, 0.25) is 0 Å². The van der Waals surface area contributed by atoms with Gasteiger partial charge in [0.25, 0.3) is 0 Å². The summed E-state index contributed by atoms with van der Waals surface area (Å²) in [4.78, 5) is 25.0. The van der Waals surface area contributed by atoms with Crippen LogP contribution in [0.5, 0.6) is 0 Å². The van der Waals surface area contributed by atoms with Crippen LogP contribution in [0, 0.1) is 0 Å². The lowest BCUT2D eigenvalue weighted by Gasteiger charge is -2.24. The van der Waals surface area contributed by atoms with Crippen molar-refractivity contribution in [2.75, 3.05) is 20.6 Å². The Balaban J connectivity index is 1.81. The molecule has 0 radical (unpaired) electrons. The molecule has 25 heavy (non-hydrogen) atoms. The minimum Gasteiger partial charge on any atom is -0.478 e. The number of likely N-dealkylation sites (tertiary alicyclic amines) is 1. The van der Waals surface area contributed by atoms with Gasteiger partial charge in [0.1, 0.15) is 5.82 Å². The molecule has 0 spiro atoms. The van der Waals surface area contributed by atoms with Gasteiger partial charge in [0.2, 0.25) is 0 Å². The lowest BCUT2D eigenvalue weighted by molar-refractivity contribution is 0.0694. The largest absolute Gasteiger partial charge is 0.478 e. The molecule has 1 aromatic carbocycles. The second kappa shape index (κ2) is 7.72. The number of carboxylic acid groups (broad SMARTS) is 1. The fourth-order valence-electron chi connectivity index (χ4n) is 3.38. The van der Waals surface area contributed by atoms with E-state index in [9.17, 15) is 9.90 Å². The summed E-state index contributed by atoms with van der Waals surface area (Å²) in [7, 11) is 4.04. The van der Waals surface area contributed by atoms with Crippen molar-refractivity contribution in [3.8, 4) is 0 Å². The molecule has 1 saturated heterocycles. The van der Waals surface area contributed by atoms with E-state index in [1.807, 2.05) is 38.5 Å². The lowest BCUT2D eigenvalue weighted by Crippen LogP contribution is -2.25. The first kappa shape index (κ1) is 17.5. The van der Waals surface area contributed by atoms with Gasteiger partial charge in [-0.15, -0.1) is 0 Å². The Morgan fingerprint density at radius 2 is 2.12 bits per heavy atom. The zero-order valence-electron chi connectivity index (χ0n) is 14.7. The molecule has 0 aliphatic carbocycles. The highest BCUT2D eigenvalue weighted by Crippen LogP contribution is 2.31. The smallest absolute Gasteiger partial charge is 0.336 e. The highest BCUT2D eigenvalue weighted by Gasteiger charge is 2.29. The van der Waals surface area contributed by atoms with E-state index in [0.717, 1.165) is 43.0 Å². The molecule has 1 aliphatic heterocycles. The van der Waals surface area contributed by atoms with Gasteiger partial charge in [-0.25, -0.2) is 14.8 Å². The number of hydrogen-bond donors (Lipinski definition) is 1. The number of aromatic nitrogens is 2. The van der Waals surface area contributed by atoms with E-state index >= 15 is 0 Å². The van der Waals surface area contributed by atoms with Crippen LogP contribution in [0.3, 0.4) is 0 Å². The standard InChI is InChI=1S/C19H24N4O2/c1-22(2)13-15-9-10-20-18(21-15)17-8-5-11-23(17)12-14-6-3-4-7-16(14)19(24)25/h3-4,6-7,9-10,17H,5,8,11-13H2,1-2H3,(H,24,25)/t17-/m0/s1. The van der Waals surface area contributed by atoms with Crippen LogP contribution in [0.25, 0.3) is 0 Å². The number of hydrogen-bond acceptors (Lipinski definition) is 5. The van der Waals surface area contributed by atoms with Crippen molar-refractivity contribution >= 4 is 5.97 Å². The van der Waals surface area contributed by atoms with E-state index < -0.39 is 5.97 Å². The maximum Gasteiger partial charge on any atom is 0.336 e. The molecule has 6 nitrogen and oxygen atoms in total. The topological polar surface area (TPSA) is 69.6 Å². The Kier molecular flexibility index (Phi) is 5.40. The van der Waals surface area contributed by atoms with E-state index in [0.29, 0.717) is 12.1 Å². The molecular formula is C19H24N4O2. The normalized spacial score (nSPS) is 18.0. The van der Waals surface area contributed by atoms with Crippen molar-refractivity contribution in [1.29, 1.82) is 0 Å². The van der Waals surface area contributed by atoms with E-state index in [2.05, 4.69) is 14.8 Å². The van der Waals surface area contributed by atoms with Crippen molar-refractivity contribution < 1.29 is 9.90 Å². The molecule has 0 bridgehead atoms. The molecule has 3 rings (SSSR count). The van der Waals surface area contributed by atoms with Crippen molar-refractivity contribution in [2.45, 2.75) is 32.0 Å². The van der Waals surface area contributed by atoms with Crippen LogP contribution >= 0.6 is 0 Å². The first-order valence-corrected chi connectivity index (χ1v) is 8.56. The van der Waals surface area contributed by atoms with Gasteiger partial charge in [0, 0.05) is 19.3 Å². The molecule has 2 aromatic rings. The van der Waals surface area contributed by atoms with Crippen molar-refractivity contribution in [2.24, 2.45) is 0 Å². The number of carbonyl (C=O) groups is 1. The van der Waals surface area contributed by atoms with Crippen molar-refractivity contribution in [3.63, 3.8) is 0 Å². The second-order valence-corrected chi connectivity index (χ2v) is 6.73. The number of carboxylic acids is 1. The van der Waals surface area contributed by atoms with Crippen molar-refractivity contribution in [3.05, 3.63) is 59.2 Å². The monoisotopic (exact) mass is 340 g/mol. The predicted molar refractivity (Wildman–Crippen MR) is 95.2 cm³/mol. The summed E-state index contributed by atoms with van der Waals surface area (Å²) in [6, 6.07) is 9.30. The highest BCUT2D eigenvalue weighted by molar-refractivity contribution is 5.89. The average molecular weight is 340 g/mol. The summed E-state index contributed by atoms with van der Waals surface area (Å²) in [6.07, 6.45) is 3.89. The molecule has 1 N–H and O–H groups in total. The van der Waals surface area contributed by atoms with Gasteiger partial charge in [0.05, 0.1) is 17.3 Å². The van der Waals surface area contributed by atoms with Gasteiger partial charge in [-0.1, -0.05) is 18.2 Å². The van der Waals surface area contributed by atoms with Gasteiger partial charge in [-0.05, 0) is 51.2 Å². The maximum absolute atomic E-state index is 11.4. The van der Waals surface area contributed by atoms with Crippen LogP contribution in [-0.4, -0.2) is 51.5 Å². The van der Waals surface area contributed by atoms with E-state index in [1.165, 1.54) is 0 Å². The molecule has 1 fully saturated rings. The van der Waals surface area contributed by atoms with Gasteiger partial charge >= 0.3 is 5.97 Å². The summed E-state index contributed by atoms with van der Waals surface area (Å²) in [5.74, 6) is -0.0415. The Morgan fingerprint density at radius 1 is 1.32 bits per heavy atom. The van der Waals surface area contributed by atoms with Crippen LogP contribution in [0.1, 0.15) is 46.3 Å². The zero-order valence-corrected chi connectivity index (χ0v) is 14.7. The van der Waals surface area contributed by atoms with E-state index in [4.69, 9.17) is 4.98 Å². The molecule has 2 heterocycles. The number of benzene rings is 1. The third-order valence-corrected chi connectivity index (χ3v) is 4.49. The third kappa shape index (κ3) is 4.21. The van der Waals surface area contributed by atoms with Crippen LogP contribution < -0.4 is 0 Å².